The Morgan fingerprint density at radius 2 is 2.13 bits per heavy atom. The maximum absolute atomic E-state index is 12.6. The molecule has 1 aromatic carbocycles. The highest BCUT2D eigenvalue weighted by atomic mass is 79.9. The van der Waals surface area contributed by atoms with E-state index in [9.17, 15) is 9.59 Å². The van der Waals surface area contributed by atoms with E-state index in [-0.39, 0.29) is 17.7 Å². The summed E-state index contributed by atoms with van der Waals surface area (Å²) in [4.78, 5) is 27.8. The van der Waals surface area contributed by atoms with E-state index < -0.39 is 0 Å². The van der Waals surface area contributed by atoms with Crippen molar-refractivity contribution >= 4 is 27.6 Å². The first-order chi connectivity index (χ1) is 11.0. The average Bonchev–Trinajstić information content (AvgIpc) is 2.85. The predicted molar refractivity (Wildman–Crippen MR) is 92.8 cm³/mol. The molecule has 1 amide bonds. The summed E-state index contributed by atoms with van der Waals surface area (Å²) in [5.41, 5.74) is 3.92. The number of benzene rings is 1. The summed E-state index contributed by atoms with van der Waals surface area (Å²) in [6.07, 6.45) is 2.25. The largest absolute Gasteiger partial charge is 0.354 e. The molecule has 5 heteroatoms. The van der Waals surface area contributed by atoms with Gasteiger partial charge in [-0.15, -0.1) is 0 Å². The molecule has 1 aliphatic rings. The Kier molecular flexibility index (Phi) is 4.39. The lowest BCUT2D eigenvalue weighted by atomic mass is 9.94. The lowest BCUT2D eigenvalue weighted by Crippen LogP contribution is -2.27. The van der Waals surface area contributed by atoms with Crippen LogP contribution in [0, 0.1) is 6.92 Å². The van der Waals surface area contributed by atoms with E-state index >= 15 is 0 Å². The van der Waals surface area contributed by atoms with Crippen LogP contribution in [-0.2, 0) is 6.42 Å². The second kappa shape index (κ2) is 6.32. The van der Waals surface area contributed by atoms with Crippen molar-refractivity contribution in [3.63, 3.8) is 0 Å². The Balaban J connectivity index is 1.83. The molecule has 0 saturated carbocycles. The van der Waals surface area contributed by atoms with E-state index in [1.165, 1.54) is 0 Å². The first-order valence-corrected chi connectivity index (χ1v) is 8.57. The van der Waals surface area contributed by atoms with E-state index in [0.29, 0.717) is 12.1 Å². The zero-order chi connectivity index (χ0) is 16.6. The van der Waals surface area contributed by atoms with Gasteiger partial charge < -0.3 is 10.3 Å². The van der Waals surface area contributed by atoms with E-state index in [1.54, 1.807) is 0 Å². The Morgan fingerprint density at radius 3 is 2.83 bits per heavy atom. The van der Waals surface area contributed by atoms with E-state index in [4.69, 9.17) is 0 Å². The standard InChI is InChI=1S/C18H19BrN2O2/c1-10-16-14(7-4-8-15(16)22)21-17(10)18(23)20-11(2)12-5-3-6-13(19)9-12/h3,5-6,9,11,21H,4,7-8H2,1-2H3,(H,20,23). The van der Waals surface area contributed by atoms with Gasteiger partial charge in [-0.25, -0.2) is 0 Å². The summed E-state index contributed by atoms with van der Waals surface area (Å²) >= 11 is 3.44. The fraction of sp³-hybridized carbons (Fsp3) is 0.333. The number of ketones is 1. The highest BCUT2D eigenvalue weighted by molar-refractivity contribution is 9.10. The van der Waals surface area contributed by atoms with Crippen LogP contribution in [-0.4, -0.2) is 16.7 Å². The number of aromatic amines is 1. The molecule has 23 heavy (non-hydrogen) atoms. The smallest absolute Gasteiger partial charge is 0.268 e. The molecule has 120 valence electrons. The average molecular weight is 375 g/mol. The van der Waals surface area contributed by atoms with E-state index in [1.807, 2.05) is 38.1 Å². The minimum absolute atomic E-state index is 0.115. The van der Waals surface area contributed by atoms with Crippen LogP contribution in [0.1, 0.15) is 63.5 Å². The Hall–Kier alpha value is -1.88. The van der Waals surface area contributed by atoms with Gasteiger partial charge in [-0.2, -0.15) is 0 Å². The predicted octanol–water partition coefficient (Wildman–Crippen LogP) is 4.10. The quantitative estimate of drug-likeness (QED) is 0.849. The number of aromatic nitrogens is 1. The summed E-state index contributed by atoms with van der Waals surface area (Å²) in [5, 5.41) is 3.00. The molecule has 0 radical (unpaired) electrons. The molecule has 0 bridgehead atoms. The number of hydrogen-bond acceptors (Lipinski definition) is 2. The lowest BCUT2D eigenvalue weighted by molar-refractivity contribution is 0.0934. The van der Waals surface area contributed by atoms with Crippen LogP contribution in [0.5, 0.6) is 0 Å². The van der Waals surface area contributed by atoms with Crippen LogP contribution in [0.4, 0.5) is 0 Å². The molecule has 3 rings (SSSR count). The van der Waals surface area contributed by atoms with Crippen molar-refractivity contribution in [1.82, 2.24) is 10.3 Å². The van der Waals surface area contributed by atoms with Crippen molar-refractivity contribution < 1.29 is 9.59 Å². The number of rotatable bonds is 3. The summed E-state index contributed by atoms with van der Waals surface area (Å²) in [5.74, 6) is -0.0312. The second-order valence-electron chi connectivity index (χ2n) is 6.01. The maximum Gasteiger partial charge on any atom is 0.268 e. The topological polar surface area (TPSA) is 62.0 Å². The zero-order valence-electron chi connectivity index (χ0n) is 13.2. The van der Waals surface area contributed by atoms with Crippen molar-refractivity contribution in [3.8, 4) is 0 Å². The normalized spacial score (nSPS) is 15.2. The van der Waals surface area contributed by atoms with Crippen molar-refractivity contribution in [3.05, 3.63) is 56.8 Å². The van der Waals surface area contributed by atoms with Gasteiger partial charge in [0.25, 0.3) is 5.91 Å². The Bertz CT molecular complexity index is 779. The SMILES string of the molecule is Cc1c(C(=O)NC(C)c2cccc(Br)c2)[nH]c2c1C(=O)CCC2. The van der Waals surface area contributed by atoms with Crippen LogP contribution >= 0.6 is 15.9 Å². The highest BCUT2D eigenvalue weighted by Gasteiger charge is 2.26. The monoisotopic (exact) mass is 374 g/mol. The molecule has 1 aliphatic carbocycles. The third kappa shape index (κ3) is 3.11. The van der Waals surface area contributed by atoms with Gasteiger partial charge in [0.1, 0.15) is 5.69 Å². The molecule has 1 aromatic heterocycles. The van der Waals surface area contributed by atoms with Crippen LogP contribution in [0.15, 0.2) is 28.7 Å². The molecule has 2 aromatic rings. The number of carbonyl (C=O) groups is 2. The number of hydrogen-bond donors (Lipinski definition) is 2. The van der Waals surface area contributed by atoms with Gasteiger partial charge in [0.15, 0.2) is 5.78 Å². The number of halogens is 1. The molecule has 1 unspecified atom stereocenters. The molecular weight excluding hydrogens is 356 g/mol. The van der Waals surface area contributed by atoms with Gasteiger partial charge >= 0.3 is 0 Å². The molecule has 0 saturated heterocycles. The van der Waals surface area contributed by atoms with Crippen molar-refractivity contribution in [2.75, 3.05) is 0 Å². The summed E-state index contributed by atoms with van der Waals surface area (Å²) < 4.78 is 0.980. The molecular formula is C18H19BrN2O2. The number of aryl methyl sites for hydroxylation is 1. The van der Waals surface area contributed by atoms with Gasteiger partial charge in [0.2, 0.25) is 0 Å². The lowest BCUT2D eigenvalue weighted by Gasteiger charge is -2.14. The maximum atomic E-state index is 12.6. The number of amides is 1. The van der Waals surface area contributed by atoms with Crippen LogP contribution in [0.25, 0.3) is 0 Å². The number of nitrogens with one attached hydrogen (secondary N) is 2. The van der Waals surface area contributed by atoms with Crippen LogP contribution in [0.2, 0.25) is 0 Å². The molecule has 4 nitrogen and oxygen atoms in total. The summed E-state index contributed by atoms with van der Waals surface area (Å²) in [6, 6.07) is 7.74. The first kappa shape index (κ1) is 16.0. The van der Waals surface area contributed by atoms with Crippen molar-refractivity contribution in [2.45, 2.75) is 39.2 Å². The molecule has 0 spiro atoms. The van der Waals surface area contributed by atoms with Gasteiger partial charge in [0.05, 0.1) is 6.04 Å². The second-order valence-corrected chi connectivity index (χ2v) is 6.92. The molecule has 2 N–H and O–H groups in total. The third-order valence-electron chi connectivity index (χ3n) is 4.36. The number of Topliss-reactive ketones (excluding diaryl/α,β-unsaturated/α-hetero) is 1. The zero-order valence-corrected chi connectivity index (χ0v) is 14.8. The van der Waals surface area contributed by atoms with Gasteiger partial charge in [-0.1, -0.05) is 28.1 Å². The van der Waals surface area contributed by atoms with Crippen LogP contribution < -0.4 is 5.32 Å². The number of fused-ring (bicyclic) bond motifs is 1. The molecule has 1 heterocycles. The minimum atomic E-state index is -0.169. The van der Waals surface area contributed by atoms with Crippen molar-refractivity contribution in [1.29, 1.82) is 0 Å². The van der Waals surface area contributed by atoms with Crippen molar-refractivity contribution in [2.24, 2.45) is 0 Å². The molecule has 0 aliphatic heterocycles. The number of H-pyrrole nitrogens is 1. The van der Waals surface area contributed by atoms with Gasteiger partial charge in [-0.05, 0) is 49.9 Å². The summed E-state index contributed by atoms with van der Waals surface area (Å²) in [6.45, 7) is 3.79. The Labute approximate surface area is 143 Å². The van der Waals surface area contributed by atoms with Gasteiger partial charge in [0, 0.05) is 22.2 Å². The fourth-order valence-electron chi connectivity index (χ4n) is 3.13. The minimum Gasteiger partial charge on any atom is -0.354 e. The first-order valence-electron chi connectivity index (χ1n) is 7.78. The molecule has 1 atom stereocenters. The summed E-state index contributed by atoms with van der Waals surface area (Å²) in [7, 11) is 0. The van der Waals surface area contributed by atoms with E-state index in [2.05, 4.69) is 26.2 Å². The van der Waals surface area contributed by atoms with E-state index in [0.717, 1.165) is 39.7 Å². The number of carbonyl (C=O) groups excluding carboxylic acids is 2. The highest BCUT2D eigenvalue weighted by Crippen LogP contribution is 2.27. The third-order valence-corrected chi connectivity index (χ3v) is 4.85. The van der Waals surface area contributed by atoms with Gasteiger partial charge in [-0.3, -0.25) is 9.59 Å². The molecule has 0 fully saturated rings. The Morgan fingerprint density at radius 1 is 1.35 bits per heavy atom. The van der Waals surface area contributed by atoms with Crippen LogP contribution in [0.3, 0.4) is 0 Å². The fourth-order valence-corrected chi connectivity index (χ4v) is 3.55.